The second-order valence-electron chi connectivity index (χ2n) is 6.40. The van der Waals surface area contributed by atoms with E-state index >= 15 is 0 Å². The fourth-order valence-electron chi connectivity index (χ4n) is 3.04. The Labute approximate surface area is 176 Å². The minimum Gasteiger partial charge on any atom is -0.495 e. The van der Waals surface area contributed by atoms with Gasteiger partial charge in [0.25, 0.3) is 5.91 Å². The summed E-state index contributed by atoms with van der Waals surface area (Å²) in [7, 11) is -2.20. The number of aromatic nitrogens is 2. The van der Waals surface area contributed by atoms with Gasteiger partial charge in [-0.25, -0.2) is 13.1 Å². The summed E-state index contributed by atoms with van der Waals surface area (Å²) in [5.41, 5.74) is 1.53. The average molecular weight is 429 g/mol. The van der Waals surface area contributed by atoms with E-state index in [9.17, 15) is 13.2 Å². The van der Waals surface area contributed by atoms with Crippen LogP contribution in [0.25, 0.3) is 5.69 Å². The Bertz CT molecular complexity index is 1110. The van der Waals surface area contributed by atoms with E-state index in [1.165, 1.54) is 29.6 Å². The monoisotopic (exact) mass is 428 g/mol. The molecule has 9 heteroatoms. The van der Waals surface area contributed by atoms with Gasteiger partial charge in [-0.05, 0) is 48.5 Å². The van der Waals surface area contributed by atoms with Gasteiger partial charge in [0.1, 0.15) is 5.75 Å². The van der Waals surface area contributed by atoms with Crippen LogP contribution in [-0.4, -0.2) is 48.6 Å². The van der Waals surface area contributed by atoms with Gasteiger partial charge in [0, 0.05) is 31.0 Å². The van der Waals surface area contributed by atoms with Gasteiger partial charge in [-0.15, -0.1) is 0 Å². The second-order valence-corrected chi connectivity index (χ2v) is 8.34. The van der Waals surface area contributed by atoms with E-state index in [1.807, 2.05) is 12.3 Å². The number of amides is 1. The Morgan fingerprint density at radius 2 is 1.83 bits per heavy atom. The molecular weight excluding hydrogens is 404 g/mol. The summed E-state index contributed by atoms with van der Waals surface area (Å²) in [6.07, 6.45) is 3.48. The zero-order valence-electron chi connectivity index (χ0n) is 17.1. The molecular formula is C21H24N4O4S. The third kappa shape index (κ3) is 4.37. The number of sulfonamides is 1. The molecule has 0 radical (unpaired) electrons. The first-order valence-corrected chi connectivity index (χ1v) is 10.9. The Balaban J connectivity index is 1.87. The predicted molar refractivity (Wildman–Crippen MR) is 115 cm³/mol. The van der Waals surface area contributed by atoms with Crippen molar-refractivity contribution in [2.45, 2.75) is 18.7 Å². The lowest BCUT2D eigenvalue weighted by molar-refractivity contribution is 0.102. The molecule has 0 saturated heterocycles. The molecule has 1 N–H and O–H groups in total. The maximum atomic E-state index is 12.8. The minimum atomic E-state index is -3.66. The van der Waals surface area contributed by atoms with Gasteiger partial charge < -0.3 is 10.1 Å². The molecule has 0 aliphatic heterocycles. The first-order valence-electron chi connectivity index (χ1n) is 9.50. The zero-order chi connectivity index (χ0) is 21.7. The SMILES string of the molecule is CCN(CC)S(=O)(=O)c1ccc(OC)c(NC(=O)c2ccc(-n3cccn3)cc2)c1. The highest BCUT2D eigenvalue weighted by atomic mass is 32.2. The summed E-state index contributed by atoms with van der Waals surface area (Å²) in [6.45, 7) is 4.27. The van der Waals surface area contributed by atoms with Crippen molar-refractivity contribution in [3.63, 3.8) is 0 Å². The van der Waals surface area contributed by atoms with Crippen LogP contribution in [0.2, 0.25) is 0 Å². The molecule has 0 aliphatic carbocycles. The summed E-state index contributed by atoms with van der Waals surface area (Å²) in [5, 5.41) is 6.90. The molecule has 158 valence electrons. The molecule has 8 nitrogen and oxygen atoms in total. The quantitative estimate of drug-likeness (QED) is 0.595. The number of nitrogens with zero attached hydrogens (tertiary/aromatic N) is 3. The highest BCUT2D eigenvalue weighted by molar-refractivity contribution is 7.89. The van der Waals surface area contributed by atoms with Crippen molar-refractivity contribution in [3.05, 3.63) is 66.5 Å². The number of rotatable bonds is 8. The van der Waals surface area contributed by atoms with Crippen LogP contribution in [0.4, 0.5) is 5.69 Å². The van der Waals surface area contributed by atoms with E-state index in [0.717, 1.165) is 5.69 Å². The summed E-state index contributed by atoms with van der Waals surface area (Å²) in [6, 6.07) is 13.1. The molecule has 2 aromatic carbocycles. The number of carbonyl (C=O) groups is 1. The van der Waals surface area contributed by atoms with E-state index in [-0.39, 0.29) is 16.5 Å². The molecule has 1 aromatic heterocycles. The number of nitrogens with one attached hydrogen (secondary N) is 1. The van der Waals surface area contributed by atoms with Crippen molar-refractivity contribution in [2.75, 3.05) is 25.5 Å². The smallest absolute Gasteiger partial charge is 0.255 e. The summed E-state index contributed by atoms with van der Waals surface area (Å²) < 4.78 is 34.0. The van der Waals surface area contributed by atoms with Crippen molar-refractivity contribution in [1.82, 2.24) is 14.1 Å². The fourth-order valence-corrected chi connectivity index (χ4v) is 4.52. The number of hydrogen-bond acceptors (Lipinski definition) is 5. The molecule has 0 spiro atoms. The van der Waals surface area contributed by atoms with Gasteiger partial charge in [-0.1, -0.05) is 13.8 Å². The highest BCUT2D eigenvalue weighted by Crippen LogP contribution is 2.29. The van der Waals surface area contributed by atoms with Crippen LogP contribution in [0.15, 0.2) is 65.8 Å². The fraction of sp³-hybridized carbons (Fsp3) is 0.238. The van der Waals surface area contributed by atoms with Gasteiger partial charge in [0.05, 0.1) is 23.4 Å². The van der Waals surface area contributed by atoms with Crippen LogP contribution in [0.1, 0.15) is 24.2 Å². The number of methoxy groups -OCH3 is 1. The van der Waals surface area contributed by atoms with E-state index in [1.54, 1.807) is 49.0 Å². The van der Waals surface area contributed by atoms with Crippen LogP contribution in [0.3, 0.4) is 0 Å². The topological polar surface area (TPSA) is 93.5 Å². The normalized spacial score (nSPS) is 11.5. The second kappa shape index (κ2) is 9.10. The van der Waals surface area contributed by atoms with Gasteiger partial charge in [0.2, 0.25) is 10.0 Å². The molecule has 0 unspecified atom stereocenters. The van der Waals surface area contributed by atoms with Crippen molar-refractivity contribution < 1.29 is 17.9 Å². The summed E-state index contributed by atoms with van der Waals surface area (Å²) in [5.74, 6) is -0.00675. The lowest BCUT2D eigenvalue weighted by Crippen LogP contribution is -2.30. The molecule has 1 amide bonds. The van der Waals surface area contributed by atoms with Gasteiger partial charge in [-0.2, -0.15) is 9.40 Å². The largest absolute Gasteiger partial charge is 0.495 e. The minimum absolute atomic E-state index is 0.0938. The third-order valence-electron chi connectivity index (χ3n) is 4.66. The van der Waals surface area contributed by atoms with Crippen LogP contribution in [0, 0.1) is 0 Å². The summed E-state index contributed by atoms with van der Waals surface area (Å²) in [4.78, 5) is 12.8. The lowest BCUT2D eigenvalue weighted by Gasteiger charge is -2.19. The highest BCUT2D eigenvalue weighted by Gasteiger charge is 2.23. The number of benzene rings is 2. The Morgan fingerprint density at radius 3 is 2.40 bits per heavy atom. The van der Waals surface area contributed by atoms with Crippen LogP contribution in [-0.2, 0) is 10.0 Å². The molecule has 30 heavy (non-hydrogen) atoms. The van der Waals surface area contributed by atoms with E-state index in [0.29, 0.717) is 24.4 Å². The maximum Gasteiger partial charge on any atom is 0.255 e. The van der Waals surface area contributed by atoms with E-state index in [4.69, 9.17) is 4.74 Å². The standard InChI is InChI=1S/C21H24N4O4S/c1-4-24(5-2)30(27,28)18-11-12-20(29-3)19(15-18)23-21(26)16-7-9-17(10-8-16)25-14-6-13-22-25/h6-15H,4-5H2,1-3H3,(H,23,26). The van der Waals surface area contributed by atoms with Crippen molar-refractivity contribution in [2.24, 2.45) is 0 Å². The van der Waals surface area contributed by atoms with E-state index in [2.05, 4.69) is 10.4 Å². The molecule has 0 saturated carbocycles. The van der Waals surface area contributed by atoms with Crippen molar-refractivity contribution in [1.29, 1.82) is 0 Å². The van der Waals surface area contributed by atoms with Gasteiger partial charge in [-0.3, -0.25) is 4.79 Å². The maximum absolute atomic E-state index is 12.8. The molecule has 0 atom stereocenters. The Hall–Kier alpha value is -3.17. The third-order valence-corrected chi connectivity index (χ3v) is 6.71. The molecule has 3 aromatic rings. The number of hydrogen-bond donors (Lipinski definition) is 1. The molecule has 3 rings (SSSR count). The molecule has 0 aliphatic rings. The van der Waals surface area contributed by atoms with Gasteiger partial charge >= 0.3 is 0 Å². The molecule has 1 heterocycles. The Morgan fingerprint density at radius 1 is 1.13 bits per heavy atom. The number of anilines is 1. The lowest BCUT2D eigenvalue weighted by atomic mass is 10.2. The van der Waals surface area contributed by atoms with E-state index < -0.39 is 10.0 Å². The van der Waals surface area contributed by atoms with Crippen LogP contribution >= 0.6 is 0 Å². The zero-order valence-corrected chi connectivity index (χ0v) is 17.9. The van der Waals surface area contributed by atoms with Gasteiger partial charge in [0.15, 0.2) is 0 Å². The predicted octanol–water partition coefficient (Wildman–Crippen LogP) is 3.16. The van der Waals surface area contributed by atoms with Crippen LogP contribution < -0.4 is 10.1 Å². The Kier molecular flexibility index (Phi) is 6.53. The molecule has 0 bridgehead atoms. The summed E-state index contributed by atoms with van der Waals surface area (Å²) >= 11 is 0. The van der Waals surface area contributed by atoms with Crippen molar-refractivity contribution in [3.8, 4) is 11.4 Å². The first kappa shape index (κ1) is 21.5. The van der Waals surface area contributed by atoms with Crippen molar-refractivity contribution >= 4 is 21.6 Å². The number of carbonyl (C=O) groups excluding carboxylic acids is 1. The number of ether oxygens (including phenoxy) is 1. The van der Waals surface area contributed by atoms with Crippen LogP contribution in [0.5, 0.6) is 5.75 Å². The average Bonchev–Trinajstić information content (AvgIpc) is 3.29. The molecule has 0 fully saturated rings. The first-order chi connectivity index (χ1) is 14.4.